The van der Waals surface area contributed by atoms with Gasteiger partial charge >= 0.3 is 0 Å². The molecule has 0 bridgehead atoms. The molecule has 1 aromatic carbocycles. The van der Waals surface area contributed by atoms with Gasteiger partial charge in [-0.1, -0.05) is 11.6 Å². The van der Waals surface area contributed by atoms with Crippen LogP contribution in [0, 0.1) is 0 Å². The molecule has 1 heterocycles. The van der Waals surface area contributed by atoms with Crippen LogP contribution in [0.3, 0.4) is 0 Å². The minimum atomic E-state index is 0.649. The molecular weight excluding hydrogens is 196 g/mol. The van der Waals surface area contributed by atoms with Crippen molar-refractivity contribution in [1.82, 2.24) is 0 Å². The maximum Gasteiger partial charge on any atom is 0.138 e. The predicted molar refractivity (Wildman–Crippen MR) is 49.1 cm³/mol. The Morgan fingerprint density at radius 3 is 3.08 bits per heavy atom. The number of hydrogen-bond donors (Lipinski definition) is 1. The van der Waals surface area contributed by atoms with Crippen molar-refractivity contribution in [2.24, 2.45) is 0 Å². The van der Waals surface area contributed by atoms with Gasteiger partial charge in [0.25, 0.3) is 0 Å². The lowest BCUT2D eigenvalue weighted by Crippen LogP contribution is -1.87. The minimum absolute atomic E-state index is 0.649. The van der Waals surface area contributed by atoms with Crippen LogP contribution in [0.4, 0.5) is 0 Å². The van der Waals surface area contributed by atoms with Crippen LogP contribution in [0.25, 0.3) is 0 Å². The average molecular weight is 203 g/mol. The van der Waals surface area contributed by atoms with E-state index >= 15 is 0 Å². The lowest BCUT2D eigenvalue weighted by Gasteiger charge is -2.04. The van der Waals surface area contributed by atoms with Gasteiger partial charge in [0.1, 0.15) is 5.75 Å². The Labute approximate surface area is 79.7 Å². The zero-order valence-electron chi connectivity index (χ0n) is 6.21. The van der Waals surface area contributed by atoms with Crippen molar-refractivity contribution in [1.29, 1.82) is 0 Å². The van der Waals surface area contributed by atoms with Gasteiger partial charge in [-0.25, -0.2) is 0 Å². The van der Waals surface area contributed by atoms with Crippen LogP contribution in [-0.4, -0.2) is 11.2 Å². The monoisotopic (exact) mass is 202 g/mol. The first-order valence-electron chi connectivity index (χ1n) is 3.58. The largest absolute Gasteiger partial charge is 0.492 e. The van der Waals surface area contributed by atoms with E-state index < -0.39 is 0 Å². The second kappa shape index (κ2) is 3.17. The quantitative estimate of drug-likeness (QED) is 0.711. The highest BCUT2D eigenvalue weighted by Gasteiger charge is 2.17. The molecule has 64 valence electrons. The lowest BCUT2D eigenvalue weighted by molar-refractivity contribution is 0.349. The highest BCUT2D eigenvalue weighted by Crippen LogP contribution is 2.37. The summed E-state index contributed by atoms with van der Waals surface area (Å²) in [4.78, 5) is 0.704. The molecule has 0 saturated heterocycles. The molecule has 0 saturated carbocycles. The van der Waals surface area contributed by atoms with E-state index in [4.69, 9.17) is 20.9 Å². The molecule has 4 heteroatoms. The molecule has 0 amide bonds. The van der Waals surface area contributed by atoms with Crippen LogP contribution in [0.1, 0.15) is 5.56 Å². The molecule has 2 nitrogen and oxygen atoms in total. The second-order valence-corrected chi connectivity index (χ2v) is 3.64. The Morgan fingerprint density at radius 2 is 2.33 bits per heavy atom. The molecule has 12 heavy (non-hydrogen) atoms. The first-order chi connectivity index (χ1) is 5.81. The van der Waals surface area contributed by atoms with Crippen molar-refractivity contribution >= 4 is 23.6 Å². The van der Waals surface area contributed by atoms with Crippen LogP contribution in [0.5, 0.6) is 5.75 Å². The lowest BCUT2D eigenvalue weighted by atomic mass is 10.2. The summed E-state index contributed by atoms with van der Waals surface area (Å²) < 4.78 is 14.2. The third kappa shape index (κ3) is 1.28. The third-order valence-electron chi connectivity index (χ3n) is 1.81. The molecule has 0 fully saturated rings. The van der Waals surface area contributed by atoms with E-state index in [0.29, 0.717) is 28.6 Å². The molecule has 2 rings (SSSR count). The molecular formula is C8H7ClO2S. The van der Waals surface area contributed by atoms with Crippen LogP contribution in [0.2, 0.25) is 5.02 Å². The number of benzene rings is 1. The summed E-state index contributed by atoms with van der Waals surface area (Å²) in [6.45, 7) is 0.684. The molecule has 0 spiro atoms. The van der Waals surface area contributed by atoms with Gasteiger partial charge in [0, 0.05) is 29.0 Å². The average Bonchev–Trinajstić information content (AvgIpc) is 2.50. The fourth-order valence-electron chi connectivity index (χ4n) is 1.30. The summed E-state index contributed by atoms with van der Waals surface area (Å²) in [5, 5.41) is 0.649. The first kappa shape index (κ1) is 8.23. The molecule has 0 aromatic heterocycles. The van der Waals surface area contributed by atoms with E-state index in [2.05, 4.69) is 0 Å². The Bertz CT molecular complexity index is 314. The maximum atomic E-state index is 8.90. The van der Waals surface area contributed by atoms with Crippen molar-refractivity contribution in [2.45, 2.75) is 11.3 Å². The van der Waals surface area contributed by atoms with Crippen molar-refractivity contribution < 1.29 is 9.29 Å². The highest BCUT2D eigenvalue weighted by atomic mass is 35.5. The summed E-state index contributed by atoms with van der Waals surface area (Å²) in [6.07, 6.45) is 0.878. The van der Waals surface area contributed by atoms with Crippen LogP contribution in [0.15, 0.2) is 17.0 Å². The maximum absolute atomic E-state index is 8.90. The SMILES string of the molecule is OSc1cc(Cl)cc2c1OCC2. The highest BCUT2D eigenvalue weighted by molar-refractivity contribution is 7.93. The molecule has 0 unspecified atom stereocenters. The van der Waals surface area contributed by atoms with Crippen molar-refractivity contribution in [3.8, 4) is 5.75 Å². The van der Waals surface area contributed by atoms with E-state index in [0.717, 1.165) is 17.7 Å². The number of fused-ring (bicyclic) bond motifs is 1. The number of rotatable bonds is 1. The van der Waals surface area contributed by atoms with Crippen LogP contribution in [-0.2, 0) is 6.42 Å². The van der Waals surface area contributed by atoms with Crippen molar-refractivity contribution in [2.75, 3.05) is 6.61 Å². The molecule has 0 aliphatic carbocycles. The summed E-state index contributed by atoms with van der Waals surface area (Å²) >= 11 is 6.51. The van der Waals surface area contributed by atoms with Gasteiger partial charge in [-0.15, -0.1) is 0 Å². The molecule has 1 aliphatic rings. The summed E-state index contributed by atoms with van der Waals surface area (Å²) in [5.74, 6) is 0.784. The smallest absolute Gasteiger partial charge is 0.138 e. The van der Waals surface area contributed by atoms with Gasteiger partial charge < -0.3 is 9.29 Å². The first-order valence-corrected chi connectivity index (χ1v) is 4.73. The predicted octanol–water partition coefficient (Wildman–Crippen LogP) is 2.84. The topological polar surface area (TPSA) is 29.5 Å². The molecule has 0 radical (unpaired) electrons. The zero-order valence-corrected chi connectivity index (χ0v) is 7.78. The second-order valence-electron chi connectivity index (χ2n) is 2.58. The standard InChI is InChI=1S/C8H7ClO2S/c9-6-3-5-1-2-11-8(5)7(4-6)12-10/h3-4,10H,1-2H2. The van der Waals surface area contributed by atoms with Crippen molar-refractivity contribution in [3.63, 3.8) is 0 Å². The number of hydrogen-bond acceptors (Lipinski definition) is 3. The van der Waals surface area contributed by atoms with E-state index in [1.54, 1.807) is 6.07 Å². The Balaban J connectivity index is 2.55. The Hall–Kier alpha value is -0.380. The van der Waals surface area contributed by atoms with Crippen molar-refractivity contribution in [3.05, 3.63) is 22.7 Å². The normalized spacial score (nSPS) is 14.2. The van der Waals surface area contributed by atoms with Gasteiger partial charge in [-0.05, 0) is 12.1 Å². The van der Waals surface area contributed by atoms with Gasteiger partial charge in [-0.2, -0.15) is 0 Å². The minimum Gasteiger partial charge on any atom is -0.492 e. The van der Waals surface area contributed by atoms with Gasteiger partial charge in [0.2, 0.25) is 0 Å². The fourth-order valence-corrected chi connectivity index (χ4v) is 2.06. The summed E-state index contributed by atoms with van der Waals surface area (Å²) in [5.41, 5.74) is 1.08. The molecule has 0 atom stereocenters. The van der Waals surface area contributed by atoms with Gasteiger partial charge in [0.05, 0.1) is 11.5 Å². The molecule has 1 aromatic rings. The Morgan fingerprint density at radius 1 is 1.50 bits per heavy atom. The summed E-state index contributed by atoms with van der Waals surface area (Å²) in [7, 11) is 0. The van der Waals surface area contributed by atoms with E-state index in [9.17, 15) is 0 Å². The van der Waals surface area contributed by atoms with E-state index in [1.807, 2.05) is 6.07 Å². The van der Waals surface area contributed by atoms with Crippen LogP contribution < -0.4 is 4.74 Å². The molecule has 1 N–H and O–H groups in total. The van der Waals surface area contributed by atoms with Gasteiger partial charge in [-0.3, -0.25) is 0 Å². The number of halogens is 1. The Kier molecular flexibility index (Phi) is 2.17. The zero-order chi connectivity index (χ0) is 8.55. The van der Waals surface area contributed by atoms with E-state index in [1.165, 1.54) is 0 Å². The van der Waals surface area contributed by atoms with Gasteiger partial charge in [0.15, 0.2) is 0 Å². The molecule has 1 aliphatic heterocycles. The third-order valence-corrected chi connectivity index (χ3v) is 2.53. The van der Waals surface area contributed by atoms with Crippen LogP contribution >= 0.6 is 23.6 Å². The number of ether oxygens (including phenoxy) is 1. The fraction of sp³-hybridized carbons (Fsp3) is 0.250. The van der Waals surface area contributed by atoms with E-state index in [-0.39, 0.29) is 0 Å². The summed E-state index contributed by atoms with van der Waals surface area (Å²) in [6, 6.07) is 3.58.